The Morgan fingerprint density at radius 2 is 1.51 bits per heavy atom. The highest BCUT2D eigenvalue weighted by atomic mass is 16.7. The van der Waals surface area contributed by atoms with E-state index in [9.17, 15) is 4.79 Å². The van der Waals surface area contributed by atoms with Crippen LogP contribution < -0.4 is 0 Å². The Hall–Kier alpha value is -0.450. The summed E-state index contributed by atoms with van der Waals surface area (Å²) in [6.45, 7) is 16.6. The third-order valence-electron chi connectivity index (χ3n) is 14.2. The molecule has 196 valence electrons. The minimum absolute atomic E-state index is 0.0297. The standard InChI is InChI=1S/C31H48O4/c1-18-15-31(33-8,24-26(4,5)35-24)34-19-16-28(7)21-10-9-20-25(2,3)22(32)11-12-29(20)17-30(21,29)14-13-27(28,6)23(18)19/h18-21,23-24H,9-17H2,1-8H3/t18-,19+,20-,21+,23-,24-,27-,28+,29-,30-,31-/m1/s1. The van der Waals surface area contributed by atoms with Crippen molar-refractivity contribution in [2.75, 3.05) is 7.11 Å². The lowest BCUT2D eigenvalue weighted by Crippen LogP contribution is -2.58. The zero-order valence-corrected chi connectivity index (χ0v) is 23.5. The van der Waals surface area contributed by atoms with Crippen molar-refractivity contribution in [1.29, 1.82) is 0 Å². The van der Waals surface area contributed by atoms with Gasteiger partial charge in [-0.1, -0.05) is 34.6 Å². The summed E-state index contributed by atoms with van der Waals surface area (Å²) < 4.78 is 19.4. The van der Waals surface area contributed by atoms with Crippen molar-refractivity contribution >= 4 is 5.78 Å². The summed E-state index contributed by atoms with van der Waals surface area (Å²) in [4.78, 5) is 12.9. The fraction of sp³-hybridized carbons (Fsp3) is 0.968. The molecule has 0 amide bonds. The molecule has 5 saturated carbocycles. The Morgan fingerprint density at radius 3 is 2.17 bits per heavy atom. The Bertz CT molecular complexity index is 986. The quantitative estimate of drug-likeness (QED) is 0.417. The van der Waals surface area contributed by atoms with Gasteiger partial charge in [0.05, 0.1) is 11.7 Å². The zero-order chi connectivity index (χ0) is 25.0. The van der Waals surface area contributed by atoms with Crippen LogP contribution in [0.2, 0.25) is 0 Å². The Kier molecular flexibility index (Phi) is 4.32. The number of fused-ring (bicyclic) bond motifs is 4. The molecule has 4 nitrogen and oxygen atoms in total. The smallest absolute Gasteiger partial charge is 0.197 e. The second-order valence-electron chi connectivity index (χ2n) is 15.8. The summed E-state index contributed by atoms with van der Waals surface area (Å²) in [5.41, 5.74) is 1.21. The zero-order valence-electron chi connectivity index (χ0n) is 23.5. The molecule has 0 aromatic heterocycles. The largest absolute Gasteiger partial charge is 0.361 e. The van der Waals surface area contributed by atoms with Crippen LogP contribution in [0.1, 0.15) is 106 Å². The Labute approximate surface area is 212 Å². The van der Waals surface area contributed by atoms with E-state index >= 15 is 0 Å². The molecule has 0 bridgehead atoms. The number of carbonyl (C=O) groups is 1. The number of epoxide rings is 1. The van der Waals surface area contributed by atoms with Crippen molar-refractivity contribution in [1.82, 2.24) is 0 Å². The van der Waals surface area contributed by atoms with E-state index in [1.54, 1.807) is 0 Å². The molecule has 2 saturated heterocycles. The van der Waals surface area contributed by atoms with E-state index < -0.39 is 5.79 Å². The van der Waals surface area contributed by atoms with Gasteiger partial charge in [0.2, 0.25) is 0 Å². The van der Waals surface area contributed by atoms with Crippen LogP contribution in [0, 0.1) is 50.7 Å². The molecule has 0 unspecified atom stereocenters. The van der Waals surface area contributed by atoms with E-state index in [0.717, 1.165) is 31.6 Å². The molecule has 35 heavy (non-hydrogen) atoms. The maximum Gasteiger partial charge on any atom is 0.197 e. The van der Waals surface area contributed by atoms with Crippen molar-refractivity contribution in [3.63, 3.8) is 0 Å². The molecule has 7 aliphatic rings. The molecule has 0 N–H and O–H groups in total. The lowest BCUT2D eigenvalue weighted by atomic mass is 9.42. The summed E-state index contributed by atoms with van der Waals surface area (Å²) in [6.07, 6.45) is 11.0. The SMILES string of the molecule is CO[C@]1([C@@H]2OC2(C)C)C[C@@H](C)[C@@H]2[C@H](C[C@@]3(C)[C@@H]4CC[C@@H]5C(C)(C)C(=O)CC[C@@]56C[C@]46CC[C@]23C)O1. The third-order valence-corrected chi connectivity index (χ3v) is 14.2. The van der Waals surface area contributed by atoms with Gasteiger partial charge < -0.3 is 14.2 Å². The molecule has 5 aliphatic carbocycles. The highest BCUT2D eigenvalue weighted by Gasteiger charge is 2.83. The second kappa shape index (κ2) is 6.40. The van der Waals surface area contributed by atoms with Gasteiger partial charge >= 0.3 is 0 Å². The van der Waals surface area contributed by atoms with E-state index in [1.807, 2.05) is 7.11 Å². The fourth-order valence-electron chi connectivity index (χ4n) is 12.5. The molecule has 7 rings (SSSR count). The number of ketones is 1. The Morgan fingerprint density at radius 1 is 0.857 bits per heavy atom. The van der Waals surface area contributed by atoms with E-state index in [0.29, 0.717) is 45.2 Å². The molecule has 2 heterocycles. The molecule has 4 heteroatoms. The first kappa shape index (κ1) is 23.7. The topological polar surface area (TPSA) is 48.1 Å². The molecular formula is C31H48O4. The van der Waals surface area contributed by atoms with Crippen LogP contribution in [0.3, 0.4) is 0 Å². The van der Waals surface area contributed by atoms with Crippen molar-refractivity contribution in [2.24, 2.45) is 50.7 Å². The van der Waals surface area contributed by atoms with E-state index in [2.05, 4.69) is 48.5 Å². The van der Waals surface area contributed by atoms with Crippen LogP contribution in [0.4, 0.5) is 0 Å². The van der Waals surface area contributed by atoms with Crippen molar-refractivity contribution in [3.8, 4) is 0 Å². The lowest BCUT2D eigenvalue weighted by Gasteiger charge is -2.62. The van der Waals surface area contributed by atoms with Gasteiger partial charge in [0, 0.05) is 25.4 Å². The fourth-order valence-corrected chi connectivity index (χ4v) is 12.5. The summed E-state index contributed by atoms with van der Waals surface area (Å²) in [5, 5.41) is 0. The van der Waals surface area contributed by atoms with Crippen molar-refractivity contribution in [3.05, 3.63) is 0 Å². The number of Topliss-reactive ketones (excluding diaryl/α,β-unsaturated/α-hetero) is 1. The number of rotatable bonds is 2. The molecule has 2 spiro atoms. The minimum atomic E-state index is -0.603. The molecule has 7 fully saturated rings. The summed E-state index contributed by atoms with van der Waals surface area (Å²) >= 11 is 0. The molecule has 2 aliphatic heterocycles. The molecule has 0 radical (unpaired) electrons. The van der Waals surface area contributed by atoms with E-state index in [1.165, 1.54) is 32.1 Å². The van der Waals surface area contributed by atoms with Crippen LogP contribution >= 0.6 is 0 Å². The van der Waals surface area contributed by atoms with E-state index in [-0.39, 0.29) is 23.2 Å². The average Bonchev–Trinajstić information content (AvgIpc) is 3.62. The summed E-state index contributed by atoms with van der Waals surface area (Å²) in [6, 6.07) is 0. The predicted octanol–water partition coefficient (Wildman–Crippen LogP) is 6.55. The maximum atomic E-state index is 12.9. The normalized spacial score (nSPS) is 61.1. The van der Waals surface area contributed by atoms with Crippen LogP contribution in [0.15, 0.2) is 0 Å². The van der Waals surface area contributed by atoms with Gasteiger partial charge in [-0.3, -0.25) is 4.79 Å². The first-order valence-corrected chi connectivity index (χ1v) is 14.7. The molecule has 0 aromatic rings. The number of methoxy groups -OCH3 is 1. The van der Waals surface area contributed by atoms with Crippen LogP contribution in [0.5, 0.6) is 0 Å². The number of hydrogen-bond acceptors (Lipinski definition) is 4. The van der Waals surface area contributed by atoms with Gasteiger partial charge in [-0.25, -0.2) is 0 Å². The van der Waals surface area contributed by atoms with Gasteiger partial charge in [-0.15, -0.1) is 0 Å². The maximum absolute atomic E-state index is 12.9. The van der Waals surface area contributed by atoms with Gasteiger partial charge in [-0.2, -0.15) is 0 Å². The lowest BCUT2D eigenvalue weighted by molar-refractivity contribution is -0.301. The molecule has 0 aromatic carbocycles. The van der Waals surface area contributed by atoms with Crippen molar-refractivity contribution in [2.45, 2.75) is 130 Å². The number of hydrogen-bond donors (Lipinski definition) is 0. The van der Waals surface area contributed by atoms with Crippen LogP contribution in [-0.4, -0.2) is 36.5 Å². The highest BCUT2D eigenvalue weighted by Crippen LogP contribution is 2.89. The molecular weight excluding hydrogens is 436 g/mol. The second-order valence-corrected chi connectivity index (χ2v) is 15.8. The van der Waals surface area contributed by atoms with E-state index in [4.69, 9.17) is 14.2 Å². The summed E-state index contributed by atoms with van der Waals surface area (Å²) in [7, 11) is 1.83. The monoisotopic (exact) mass is 484 g/mol. The predicted molar refractivity (Wildman–Crippen MR) is 135 cm³/mol. The number of ether oxygens (including phenoxy) is 3. The van der Waals surface area contributed by atoms with Gasteiger partial charge in [-0.05, 0) is 104 Å². The van der Waals surface area contributed by atoms with Gasteiger partial charge in [0.1, 0.15) is 11.9 Å². The van der Waals surface area contributed by atoms with Gasteiger partial charge in [0.15, 0.2) is 5.79 Å². The van der Waals surface area contributed by atoms with Crippen molar-refractivity contribution < 1.29 is 19.0 Å². The number of carbonyl (C=O) groups excluding carboxylic acids is 1. The first-order valence-electron chi connectivity index (χ1n) is 14.7. The summed E-state index contributed by atoms with van der Waals surface area (Å²) in [5.74, 6) is 2.43. The first-order chi connectivity index (χ1) is 16.2. The van der Waals surface area contributed by atoms with Gasteiger partial charge in [0.25, 0.3) is 0 Å². The highest BCUT2D eigenvalue weighted by molar-refractivity contribution is 5.86. The van der Waals surface area contributed by atoms with Crippen LogP contribution in [-0.2, 0) is 19.0 Å². The third kappa shape index (κ3) is 2.46. The van der Waals surface area contributed by atoms with Crippen LogP contribution in [0.25, 0.3) is 0 Å². The minimum Gasteiger partial charge on any atom is -0.361 e. The Balaban J connectivity index is 1.24. The average molecular weight is 485 g/mol. The molecule has 11 atom stereocenters.